The minimum Gasteiger partial charge on any atom is -0.347 e. The maximum atomic E-state index is 12.2. The van der Waals surface area contributed by atoms with E-state index in [1.54, 1.807) is 11.3 Å². The summed E-state index contributed by atoms with van der Waals surface area (Å²) < 4.78 is 23.0. The first-order valence-corrected chi connectivity index (χ1v) is 11.1. The van der Waals surface area contributed by atoms with Crippen LogP contribution < -0.4 is 10.6 Å². The topological polar surface area (TPSA) is 79.8 Å². The summed E-state index contributed by atoms with van der Waals surface area (Å²) in [4.78, 5) is 13.4. The van der Waals surface area contributed by atoms with Gasteiger partial charge in [0.25, 0.3) is 5.91 Å². The van der Waals surface area contributed by atoms with Crippen LogP contribution in [-0.2, 0) is 14.6 Å². The SMILES string of the molecule is Cc1ccc([C@H]([NH2+]CC(=O)N[C@@H]2CCS(=O)(=O)C2)c2cccs2)cc1. The lowest BCUT2D eigenvalue weighted by atomic mass is 10.0. The molecule has 2 heterocycles. The fourth-order valence-electron chi connectivity index (χ4n) is 3.08. The van der Waals surface area contributed by atoms with Gasteiger partial charge in [-0.1, -0.05) is 35.9 Å². The molecule has 2 atom stereocenters. The molecule has 0 bridgehead atoms. The minimum atomic E-state index is -2.98. The lowest BCUT2D eigenvalue weighted by molar-refractivity contribution is -0.676. The van der Waals surface area contributed by atoms with Gasteiger partial charge in [-0.25, -0.2) is 8.42 Å². The normalized spacial score (nSPS) is 20.3. The quantitative estimate of drug-likeness (QED) is 0.786. The highest BCUT2D eigenvalue weighted by molar-refractivity contribution is 7.91. The lowest BCUT2D eigenvalue weighted by Gasteiger charge is -2.16. The molecule has 3 N–H and O–H groups in total. The maximum absolute atomic E-state index is 12.2. The van der Waals surface area contributed by atoms with E-state index in [9.17, 15) is 13.2 Å². The van der Waals surface area contributed by atoms with Crippen molar-refractivity contribution in [3.63, 3.8) is 0 Å². The average molecular weight is 380 g/mol. The van der Waals surface area contributed by atoms with Crippen molar-refractivity contribution < 1.29 is 18.5 Å². The first-order chi connectivity index (χ1) is 11.9. The summed E-state index contributed by atoms with van der Waals surface area (Å²) in [6.45, 7) is 2.32. The van der Waals surface area contributed by atoms with E-state index in [4.69, 9.17) is 0 Å². The van der Waals surface area contributed by atoms with Gasteiger partial charge in [-0.05, 0) is 24.8 Å². The molecule has 5 nitrogen and oxygen atoms in total. The van der Waals surface area contributed by atoms with Gasteiger partial charge in [-0.3, -0.25) is 4.79 Å². The zero-order valence-corrected chi connectivity index (χ0v) is 15.8. The van der Waals surface area contributed by atoms with Crippen molar-refractivity contribution in [3.8, 4) is 0 Å². The van der Waals surface area contributed by atoms with Crippen LogP contribution in [0.15, 0.2) is 41.8 Å². The molecule has 1 aliphatic rings. The van der Waals surface area contributed by atoms with E-state index >= 15 is 0 Å². The van der Waals surface area contributed by atoms with Crippen LogP contribution in [0.2, 0.25) is 0 Å². The third-order valence-corrected chi connectivity index (χ3v) is 7.15. The van der Waals surface area contributed by atoms with Gasteiger partial charge in [0.1, 0.15) is 6.04 Å². The Bertz CT molecular complexity index is 815. The van der Waals surface area contributed by atoms with Crippen molar-refractivity contribution in [2.24, 2.45) is 0 Å². The third-order valence-electron chi connectivity index (χ3n) is 4.42. The van der Waals surface area contributed by atoms with Gasteiger partial charge in [0.2, 0.25) is 0 Å². The zero-order valence-electron chi connectivity index (χ0n) is 14.1. The van der Waals surface area contributed by atoms with E-state index in [0.717, 1.165) is 5.56 Å². The molecule has 0 spiro atoms. The molecule has 1 aromatic heterocycles. The number of quaternary nitrogens is 1. The molecule has 1 aromatic carbocycles. The summed E-state index contributed by atoms with van der Waals surface area (Å²) in [5.74, 6) is 0.115. The largest absolute Gasteiger partial charge is 0.347 e. The number of hydrogen-bond acceptors (Lipinski definition) is 4. The summed E-state index contributed by atoms with van der Waals surface area (Å²) in [5.41, 5.74) is 2.36. The van der Waals surface area contributed by atoms with Crippen LogP contribution in [0.1, 0.15) is 28.5 Å². The van der Waals surface area contributed by atoms with Crippen LogP contribution in [-0.4, -0.2) is 38.4 Å². The van der Waals surface area contributed by atoms with Crippen LogP contribution in [0.4, 0.5) is 0 Å². The highest BCUT2D eigenvalue weighted by Crippen LogP contribution is 2.23. The standard InChI is InChI=1S/C18H22N2O3S2/c1-13-4-6-14(7-5-13)18(16-3-2-9-24-16)19-11-17(21)20-15-8-10-25(22,23)12-15/h2-7,9,15,18-19H,8,10-12H2,1H3,(H,20,21)/p+1/t15-,18+/m1/s1. The molecule has 134 valence electrons. The van der Waals surface area contributed by atoms with Gasteiger partial charge in [0.15, 0.2) is 16.4 Å². The predicted molar refractivity (Wildman–Crippen MR) is 99.3 cm³/mol. The fourth-order valence-corrected chi connectivity index (χ4v) is 5.60. The second-order valence-corrected chi connectivity index (χ2v) is 9.72. The van der Waals surface area contributed by atoms with Crippen LogP contribution >= 0.6 is 11.3 Å². The second-order valence-electron chi connectivity index (χ2n) is 6.51. The third kappa shape index (κ3) is 4.90. The second kappa shape index (κ2) is 7.68. The van der Waals surface area contributed by atoms with Gasteiger partial charge >= 0.3 is 0 Å². The molecule has 1 saturated heterocycles. The Labute approximate surface area is 152 Å². The number of hydrogen-bond donors (Lipinski definition) is 2. The van der Waals surface area contributed by atoms with Crippen molar-refractivity contribution in [3.05, 3.63) is 57.8 Å². The van der Waals surface area contributed by atoms with Gasteiger partial charge in [-0.15, -0.1) is 11.3 Å². The van der Waals surface area contributed by atoms with Crippen molar-refractivity contribution >= 4 is 27.1 Å². The molecule has 0 radical (unpaired) electrons. The van der Waals surface area contributed by atoms with E-state index in [1.165, 1.54) is 10.4 Å². The predicted octanol–water partition coefficient (Wildman–Crippen LogP) is 1.01. The van der Waals surface area contributed by atoms with Crippen molar-refractivity contribution in [1.82, 2.24) is 5.32 Å². The molecule has 0 aliphatic carbocycles. The Kier molecular flexibility index (Phi) is 5.56. The molecule has 1 fully saturated rings. The van der Waals surface area contributed by atoms with Gasteiger partial charge in [0.05, 0.1) is 16.4 Å². The maximum Gasteiger partial charge on any atom is 0.275 e. The number of carbonyl (C=O) groups excluding carboxylic acids is 1. The summed E-state index contributed by atoms with van der Waals surface area (Å²) in [5, 5.41) is 6.89. The summed E-state index contributed by atoms with van der Waals surface area (Å²) in [6.07, 6.45) is 0.514. The number of nitrogens with one attached hydrogen (secondary N) is 1. The van der Waals surface area contributed by atoms with Crippen LogP contribution in [0, 0.1) is 6.92 Å². The molecule has 2 aromatic rings. The van der Waals surface area contributed by atoms with Crippen LogP contribution in [0.3, 0.4) is 0 Å². The van der Waals surface area contributed by atoms with E-state index in [-0.39, 0.29) is 36.0 Å². The van der Waals surface area contributed by atoms with E-state index in [0.29, 0.717) is 6.42 Å². The summed E-state index contributed by atoms with van der Waals surface area (Å²) >= 11 is 1.67. The molecular formula is C18H23N2O3S2+. The van der Waals surface area contributed by atoms with Crippen molar-refractivity contribution in [2.45, 2.75) is 25.4 Å². The van der Waals surface area contributed by atoms with Crippen LogP contribution in [0.5, 0.6) is 0 Å². The Hall–Kier alpha value is -1.70. The lowest BCUT2D eigenvalue weighted by Crippen LogP contribution is -2.87. The molecule has 25 heavy (non-hydrogen) atoms. The van der Waals surface area contributed by atoms with Gasteiger partial charge < -0.3 is 10.6 Å². The van der Waals surface area contributed by atoms with E-state index < -0.39 is 9.84 Å². The molecule has 0 saturated carbocycles. The molecule has 0 unspecified atom stereocenters. The first kappa shape index (κ1) is 18.1. The minimum absolute atomic E-state index is 0.0606. The highest BCUT2D eigenvalue weighted by Gasteiger charge is 2.29. The zero-order chi connectivity index (χ0) is 17.9. The number of thiophene rings is 1. The number of sulfone groups is 1. The smallest absolute Gasteiger partial charge is 0.275 e. The Morgan fingerprint density at radius 3 is 2.68 bits per heavy atom. The number of benzene rings is 1. The van der Waals surface area contributed by atoms with Crippen molar-refractivity contribution in [2.75, 3.05) is 18.1 Å². The molecule has 1 amide bonds. The van der Waals surface area contributed by atoms with Gasteiger partial charge in [-0.2, -0.15) is 0 Å². The monoisotopic (exact) mass is 379 g/mol. The summed E-state index contributed by atoms with van der Waals surface area (Å²) in [7, 11) is -2.98. The molecular weight excluding hydrogens is 356 g/mol. The Morgan fingerprint density at radius 2 is 2.08 bits per heavy atom. The molecule has 7 heteroatoms. The summed E-state index contributed by atoms with van der Waals surface area (Å²) in [6, 6.07) is 12.3. The van der Waals surface area contributed by atoms with Crippen LogP contribution in [0.25, 0.3) is 0 Å². The first-order valence-electron chi connectivity index (χ1n) is 8.36. The highest BCUT2D eigenvalue weighted by atomic mass is 32.2. The number of carbonyl (C=O) groups is 1. The van der Waals surface area contributed by atoms with Crippen molar-refractivity contribution in [1.29, 1.82) is 0 Å². The van der Waals surface area contributed by atoms with E-state index in [2.05, 4.69) is 42.6 Å². The molecule has 3 rings (SSSR count). The van der Waals surface area contributed by atoms with E-state index in [1.807, 2.05) is 16.8 Å². The number of amides is 1. The number of nitrogens with two attached hydrogens (primary N) is 1. The number of rotatable bonds is 6. The Morgan fingerprint density at radius 1 is 1.32 bits per heavy atom. The average Bonchev–Trinajstić information content (AvgIpc) is 3.19. The van der Waals surface area contributed by atoms with Gasteiger partial charge in [0, 0.05) is 11.6 Å². The Balaban J connectivity index is 1.63. The number of aryl methyl sites for hydroxylation is 1. The fraction of sp³-hybridized carbons (Fsp3) is 0.389. The molecule has 1 aliphatic heterocycles.